The minimum absolute atomic E-state index is 0.441. The van der Waals surface area contributed by atoms with Crippen molar-refractivity contribution in [1.82, 2.24) is 4.98 Å². The number of pyridine rings is 1. The Morgan fingerprint density at radius 3 is 3.00 bits per heavy atom. The van der Waals surface area contributed by atoms with Gasteiger partial charge in [0.15, 0.2) is 0 Å². The smallest absolute Gasteiger partial charge is 0.214 e. The van der Waals surface area contributed by atoms with Gasteiger partial charge < -0.3 is 9.64 Å². The molecule has 0 atom stereocenters. The lowest BCUT2D eigenvalue weighted by atomic mass is 10.4. The van der Waals surface area contributed by atoms with Crippen LogP contribution in [0.1, 0.15) is 12.8 Å². The fourth-order valence-corrected chi connectivity index (χ4v) is 1.46. The van der Waals surface area contributed by atoms with Crippen molar-refractivity contribution in [2.45, 2.75) is 12.8 Å². The van der Waals surface area contributed by atoms with Crippen LogP contribution >= 0.6 is 0 Å². The SMILES string of the molecule is CN(CCOCC1CC1)c1cccc(F)n1. The Balaban J connectivity index is 1.71. The molecular formula is C12H17FN2O. The average molecular weight is 224 g/mol. The number of likely N-dealkylation sites (N-methyl/N-ethyl adjacent to an activating group) is 1. The molecule has 1 aromatic heterocycles. The molecule has 16 heavy (non-hydrogen) atoms. The zero-order valence-electron chi connectivity index (χ0n) is 9.53. The summed E-state index contributed by atoms with van der Waals surface area (Å²) in [7, 11) is 1.89. The van der Waals surface area contributed by atoms with Crippen LogP contribution in [0.2, 0.25) is 0 Å². The first-order valence-corrected chi connectivity index (χ1v) is 5.67. The standard InChI is InChI=1S/C12H17FN2O/c1-15(7-8-16-9-10-5-6-10)12-4-2-3-11(13)14-12/h2-4,10H,5-9H2,1H3. The maximum Gasteiger partial charge on any atom is 0.214 e. The Labute approximate surface area is 95.2 Å². The predicted molar refractivity (Wildman–Crippen MR) is 61.0 cm³/mol. The molecule has 4 heteroatoms. The summed E-state index contributed by atoms with van der Waals surface area (Å²) < 4.78 is 18.4. The van der Waals surface area contributed by atoms with E-state index in [9.17, 15) is 4.39 Å². The van der Waals surface area contributed by atoms with Crippen molar-refractivity contribution in [3.05, 3.63) is 24.1 Å². The molecule has 2 rings (SSSR count). The third-order valence-electron chi connectivity index (χ3n) is 2.71. The first-order valence-electron chi connectivity index (χ1n) is 5.67. The summed E-state index contributed by atoms with van der Waals surface area (Å²) in [5.41, 5.74) is 0. The minimum Gasteiger partial charge on any atom is -0.379 e. The molecule has 1 fully saturated rings. The third kappa shape index (κ3) is 3.45. The summed E-state index contributed by atoms with van der Waals surface area (Å²) in [6, 6.07) is 4.81. The van der Waals surface area contributed by atoms with Crippen LogP contribution in [0, 0.1) is 11.9 Å². The van der Waals surface area contributed by atoms with Gasteiger partial charge >= 0.3 is 0 Å². The molecule has 0 bridgehead atoms. The number of rotatable bonds is 6. The average Bonchev–Trinajstić information content (AvgIpc) is 3.08. The van der Waals surface area contributed by atoms with Gasteiger partial charge in [0.05, 0.1) is 6.61 Å². The topological polar surface area (TPSA) is 25.4 Å². The number of nitrogens with zero attached hydrogens (tertiary/aromatic N) is 2. The molecule has 0 unspecified atom stereocenters. The number of hydrogen-bond donors (Lipinski definition) is 0. The van der Waals surface area contributed by atoms with E-state index < -0.39 is 5.95 Å². The van der Waals surface area contributed by atoms with Crippen molar-refractivity contribution in [3.63, 3.8) is 0 Å². The van der Waals surface area contributed by atoms with Gasteiger partial charge in [0.25, 0.3) is 0 Å². The van der Waals surface area contributed by atoms with E-state index in [4.69, 9.17) is 4.74 Å². The molecule has 88 valence electrons. The maximum atomic E-state index is 12.9. The summed E-state index contributed by atoms with van der Waals surface area (Å²) in [4.78, 5) is 5.70. The van der Waals surface area contributed by atoms with Crippen LogP contribution in [0.4, 0.5) is 10.2 Å². The highest BCUT2D eigenvalue weighted by molar-refractivity contribution is 5.36. The summed E-state index contributed by atoms with van der Waals surface area (Å²) >= 11 is 0. The molecule has 3 nitrogen and oxygen atoms in total. The molecule has 0 radical (unpaired) electrons. The van der Waals surface area contributed by atoms with Crippen LogP contribution in [0.25, 0.3) is 0 Å². The maximum absolute atomic E-state index is 12.9. The highest BCUT2D eigenvalue weighted by atomic mass is 19.1. The van der Waals surface area contributed by atoms with Gasteiger partial charge in [0.1, 0.15) is 5.82 Å². The molecule has 1 heterocycles. The number of anilines is 1. The zero-order valence-corrected chi connectivity index (χ0v) is 9.53. The molecule has 0 amide bonds. The van der Waals surface area contributed by atoms with Gasteiger partial charge in [0, 0.05) is 20.2 Å². The molecule has 0 aromatic carbocycles. The lowest BCUT2D eigenvalue weighted by molar-refractivity contribution is 0.130. The van der Waals surface area contributed by atoms with Crippen LogP contribution in [-0.4, -0.2) is 31.8 Å². The largest absolute Gasteiger partial charge is 0.379 e. The van der Waals surface area contributed by atoms with Crippen molar-refractivity contribution in [1.29, 1.82) is 0 Å². The van der Waals surface area contributed by atoms with E-state index in [-0.39, 0.29) is 0 Å². The van der Waals surface area contributed by atoms with E-state index in [1.165, 1.54) is 18.9 Å². The van der Waals surface area contributed by atoms with Gasteiger partial charge in [-0.2, -0.15) is 4.39 Å². The van der Waals surface area contributed by atoms with E-state index in [2.05, 4.69) is 4.98 Å². The second-order valence-electron chi connectivity index (χ2n) is 4.26. The Hall–Kier alpha value is -1.16. The van der Waals surface area contributed by atoms with E-state index >= 15 is 0 Å². The quantitative estimate of drug-likeness (QED) is 0.546. The van der Waals surface area contributed by atoms with Gasteiger partial charge in [0.2, 0.25) is 5.95 Å². The van der Waals surface area contributed by atoms with Gasteiger partial charge in [-0.05, 0) is 30.9 Å². The van der Waals surface area contributed by atoms with Crippen LogP contribution in [0.3, 0.4) is 0 Å². The lowest BCUT2D eigenvalue weighted by Gasteiger charge is -2.17. The number of aromatic nitrogens is 1. The number of ether oxygens (including phenoxy) is 1. The van der Waals surface area contributed by atoms with E-state index in [1.807, 2.05) is 11.9 Å². The zero-order chi connectivity index (χ0) is 11.4. The summed E-state index contributed by atoms with van der Waals surface area (Å²) in [5.74, 6) is 0.996. The summed E-state index contributed by atoms with van der Waals surface area (Å²) in [6.07, 6.45) is 2.61. The molecule has 1 saturated carbocycles. The monoisotopic (exact) mass is 224 g/mol. The van der Waals surface area contributed by atoms with Crippen molar-refractivity contribution in [2.24, 2.45) is 5.92 Å². The van der Waals surface area contributed by atoms with E-state index in [0.29, 0.717) is 12.4 Å². The van der Waals surface area contributed by atoms with Crippen molar-refractivity contribution < 1.29 is 9.13 Å². The Morgan fingerprint density at radius 1 is 1.50 bits per heavy atom. The molecular weight excluding hydrogens is 207 g/mol. The Kier molecular flexibility index (Phi) is 3.72. The molecule has 0 saturated heterocycles. The molecule has 1 aliphatic rings. The highest BCUT2D eigenvalue weighted by Crippen LogP contribution is 2.28. The van der Waals surface area contributed by atoms with Crippen LogP contribution < -0.4 is 4.90 Å². The summed E-state index contributed by atoms with van der Waals surface area (Å²) in [5, 5.41) is 0. The lowest BCUT2D eigenvalue weighted by Crippen LogP contribution is -2.24. The first kappa shape index (κ1) is 11.3. The van der Waals surface area contributed by atoms with Crippen LogP contribution in [-0.2, 0) is 4.74 Å². The van der Waals surface area contributed by atoms with Gasteiger partial charge in [-0.3, -0.25) is 0 Å². The van der Waals surface area contributed by atoms with Gasteiger partial charge in [-0.1, -0.05) is 6.07 Å². The minimum atomic E-state index is -0.441. The fraction of sp³-hybridized carbons (Fsp3) is 0.583. The van der Waals surface area contributed by atoms with Crippen LogP contribution in [0.5, 0.6) is 0 Å². The molecule has 1 aromatic rings. The van der Waals surface area contributed by atoms with Crippen molar-refractivity contribution in [2.75, 3.05) is 31.7 Å². The van der Waals surface area contributed by atoms with Crippen molar-refractivity contribution in [3.8, 4) is 0 Å². The van der Waals surface area contributed by atoms with Crippen LogP contribution in [0.15, 0.2) is 18.2 Å². The molecule has 0 N–H and O–H groups in total. The fourth-order valence-electron chi connectivity index (χ4n) is 1.46. The van der Waals surface area contributed by atoms with Gasteiger partial charge in [-0.15, -0.1) is 0 Å². The van der Waals surface area contributed by atoms with Gasteiger partial charge in [-0.25, -0.2) is 4.98 Å². The third-order valence-corrected chi connectivity index (χ3v) is 2.71. The van der Waals surface area contributed by atoms with E-state index in [0.717, 1.165) is 19.1 Å². The highest BCUT2D eigenvalue weighted by Gasteiger charge is 2.20. The normalized spacial score (nSPS) is 15.1. The Bertz CT molecular complexity index is 342. The second-order valence-corrected chi connectivity index (χ2v) is 4.26. The summed E-state index contributed by atoms with van der Waals surface area (Å²) in [6.45, 7) is 2.28. The van der Waals surface area contributed by atoms with E-state index in [1.54, 1.807) is 12.1 Å². The van der Waals surface area contributed by atoms with Crippen molar-refractivity contribution >= 4 is 5.82 Å². The Morgan fingerprint density at radius 2 is 2.31 bits per heavy atom. The number of halogens is 1. The molecule has 1 aliphatic carbocycles. The molecule has 0 spiro atoms. The number of hydrogen-bond acceptors (Lipinski definition) is 3. The second kappa shape index (κ2) is 5.25. The predicted octanol–water partition coefficient (Wildman–Crippen LogP) is 2.08. The molecule has 0 aliphatic heterocycles. The first-order chi connectivity index (χ1) is 7.75.